The quantitative estimate of drug-likeness (QED) is 0.641. The summed E-state index contributed by atoms with van der Waals surface area (Å²) >= 11 is 3.19. The van der Waals surface area contributed by atoms with Gasteiger partial charge in [-0.2, -0.15) is 0 Å². The third-order valence-electron chi connectivity index (χ3n) is 2.59. The van der Waals surface area contributed by atoms with Crippen LogP contribution in [-0.4, -0.2) is 43.8 Å². The van der Waals surface area contributed by atoms with Crippen LogP contribution in [0.1, 0.15) is 20.8 Å². The van der Waals surface area contributed by atoms with E-state index >= 15 is 0 Å². The molecule has 0 unspecified atom stereocenters. The van der Waals surface area contributed by atoms with Crippen molar-refractivity contribution in [2.24, 2.45) is 0 Å². The third kappa shape index (κ3) is 6.85. The number of aliphatic carboxylic acids is 1. The number of benzene rings is 1. The van der Waals surface area contributed by atoms with Crippen molar-refractivity contribution in [1.82, 2.24) is 10.0 Å². The summed E-state index contributed by atoms with van der Waals surface area (Å²) < 4.78 is 32.1. The number of sulfonamides is 1. The first kappa shape index (κ1) is 20.4. The van der Waals surface area contributed by atoms with Gasteiger partial charge in [0.05, 0.1) is 4.90 Å². The van der Waals surface area contributed by atoms with E-state index < -0.39 is 40.3 Å². The molecule has 10 heteroatoms. The van der Waals surface area contributed by atoms with Crippen LogP contribution in [0.3, 0.4) is 0 Å². The van der Waals surface area contributed by atoms with Crippen molar-refractivity contribution >= 4 is 38.0 Å². The van der Waals surface area contributed by atoms with Gasteiger partial charge in [-0.1, -0.05) is 15.9 Å². The van der Waals surface area contributed by atoms with Crippen molar-refractivity contribution in [1.29, 1.82) is 0 Å². The number of carbonyl (C=O) groups is 2. The van der Waals surface area contributed by atoms with Crippen LogP contribution >= 0.6 is 15.9 Å². The predicted molar refractivity (Wildman–Crippen MR) is 90.1 cm³/mol. The molecule has 0 aliphatic carbocycles. The Morgan fingerprint density at radius 3 is 2.25 bits per heavy atom. The predicted octanol–water partition coefficient (Wildman–Crippen LogP) is 1.71. The van der Waals surface area contributed by atoms with Crippen molar-refractivity contribution in [3.8, 4) is 0 Å². The molecule has 1 rings (SSSR count). The smallest absolute Gasteiger partial charge is 0.408 e. The molecule has 0 bridgehead atoms. The number of alkyl carbamates (subject to hydrolysis) is 1. The van der Waals surface area contributed by atoms with E-state index in [2.05, 4.69) is 26.0 Å². The van der Waals surface area contributed by atoms with Gasteiger partial charge in [-0.15, -0.1) is 0 Å². The van der Waals surface area contributed by atoms with Gasteiger partial charge in [0.15, 0.2) is 0 Å². The van der Waals surface area contributed by atoms with Crippen LogP contribution in [-0.2, 0) is 19.6 Å². The zero-order chi connectivity index (χ0) is 18.5. The summed E-state index contributed by atoms with van der Waals surface area (Å²) in [4.78, 5) is 22.8. The van der Waals surface area contributed by atoms with Crippen molar-refractivity contribution < 1.29 is 27.9 Å². The average molecular weight is 423 g/mol. The standard InChI is InChI=1S/C14H19BrN2O6S/c1-14(2,3)23-13(20)17-11(12(18)19)8-16-24(21,22)10-6-4-9(15)5-7-10/h4-7,11,16H,8H2,1-3H3,(H,17,20)(H,18,19)/t11-/m0/s1. The molecule has 0 aromatic heterocycles. The third-order valence-corrected chi connectivity index (χ3v) is 4.56. The molecule has 0 saturated heterocycles. The molecule has 0 aliphatic rings. The molecule has 0 aliphatic heterocycles. The van der Waals surface area contributed by atoms with E-state index in [1.165, 1.54) is 12.1 Å². The van der Waals surface area contributed by atoms with Crippen LogP contribution in [0.25, 0.3) is 0 Å². The summed E-state index contributed by atoms with van der Waals surface area (Å²) in [5.74, 6) is -1.39. The molecule has 1 aromatic carbocycles. The second-order valence-corrected chi connectivity index (χ2v) is 8.53. The second-order valence-electron chi connectivity index (χ2n) is 5.84. The lowest BCUT2D eigenvalue weighted by Gasteiger charge is -2.22. The summed E-state index contributed by atoms with van der Waals surface area (Å²) in [7, 11) is -3.90. The molecule has 0 spiro atoms. The number of hydrogen-bond donors (Lipinski definition) is 3. The average Bonchev–Trinajstić information content (AvgIpc) is 2.41. The maximum atomic E-state index is 12.1. The normalized spacial score (nSPS) is 13.2. The Bertz CT molecular complexity index is 697. The first-order valence-electron chi connectivity index (χ1n) is 6.88. The zero-order valence-corrected chi connectivity index (χ0v) is 15.8. The van der Waals surface area contributed by atoms with E-state index in [0.717, 1.165) is 0 Å². The van der Waals surface area contributed by atoms with Crippen molar-refractivity contribution in [3.63, 3.8) is 0 Å². The molecule has 1 atom stereocenters. The number of carbonyl (C=O) groups excluding carboxylic acids is 1. The minimum absolute atomic E-state index is 0.0212. The van der Waals surface area contributed by atoms with Gasteiger partial charge in [0.2, 0.25) is 10.0 Å². The number of rotatable bonds is 6. The maximum absolute atomic E-state index is 12.1. The lowest BCUT2D eigenvalue weighted by Crippen LogP contribution is -2.49. The van der Waals surface area contributed by atoms with Crippen molar-refractivity contribution in [2.45, 2.75) is 37.3 Å². The molecule has 24 heavy (non-hydrogen) atoms. The minimum atomic E-state index is -3.90. The summed E-state index contributed by atoms with van der Waals surface area (Å²) in [6, 6.07) is 4.35. The van der Waals surface area contributed by atoms with E-state index in [4.69, 9.17) is 9.84 Å². The molecule has 1 amide bonds. The Labute approximate surface area is 148 Å². The van der Waals surface area contributed by atoms with Gasteiger partial charge in [-0.05, 0) is 45.0 Å². The molecule has 0 radical (unpaired) electrons. The highest BCUT2D eigenvalue weighted by atomic mass is 79.9. The first-order valence-corrected chi connectivity index (χ1v) is 9.16. The second kappa shape index (κ2) is 7.95. The van der Waals surface area contributed by atoms with Gasteiger partial charge in [0.1, 0.15) is 11.6 Å². The molecule has 134 valence electrons. The lowest BCUT2D eigenvalue weighted by molar-refractivity contribution is -0.139. The Morgan fingerprint density at radius 2 is 1.79 bits per heavy atom. The monoisotopic (exact) mass is 422 g/mol. The molecule has 3 N–H and O–H groups in total. The number of ether oxygens (including phenoxy) is 1. The fourth-order valence-electron chi connectivity index (χ4n) is 1.54. The SMILES string of the molecule is CC(C)(C)OC(=O)N[C@@H](CNS(=O)(=O)c1ccc(Br)cc1)C(=O)O. The number of hydrogen-bond acceptors (Lipinski definition) is 5. The number of nitrogens with one attached hydrogen (secondary N) is 2. The number of amides is 1. The van der Waals surface area contributed by atoms with E-state index in [0.29, 0.717) is 4.47 Å². The fraction of sp³-hybridized carbons (Fsp3) is 0.429. The van der Waals surface area contributed by atoms with Crippen LogP contribution in [0.4, 0.5) is 4.79 Å². The Balaban J connectivity index is 2.74. The molecular formula is C14H19BrN2O6S. The molecular weight excluding hydrogens is 404 g/mol. The Kier molecular flexibility index (Phi) is 6.76. The van der Waals surface area contributed by atoms with Gasteiger partial charge >= 0.3 is 12.1 Å². The van der Waals surface area contributed by atoms with E-state index in [1.54, 1.807) is 32.9 Å². The zero-order valence-electron chi connectivity index (χ0n) is 13.4. The van der Waals surface area contributed by atoms with Gasteiger partial charge in [-0.3, -0.25) is 0 Å². The molecule has 0 heterocycles. The highest BCUT2D eigenvalue weighted by molar-refractivity contribution is 9.10. The number of halogens is 1. The number of carboxylic acid groups (broad SMARTS) is 1. The highest BCUT2D eigenvalue weighted by Gasteiger charge is 2.26. The first-order chi connectivity index (χ1) is 10.9. The Morgan fingerprint density at radius 1 is 1.25 bits per heavy atom. The van der Waals surface area contributed by atoms with Crippen molar-refractivity contribution in [3.05, 3.63) is 28.7 Å². The van der Waals surface area contributed by atoms with E-state index in [9.17, 15) is 18.0 Å². The summed E-state index contributed by atoms with van der Waals surface area (Å²) in [5, 5.41) is 11.2. The number of carboxylic acids is 1. The maximum Gasteiger partial charge on any atom is 0.408 e. The van der Waals surface area contributed by atoms with Gasteiger partial charge in [0.25, 0.3) is 0 Å². The van der Waals surface area contributed by atoms with Gasteiger partial charge < -0.3 is 15.2 Å². The van der Waals surface area contributed by atoms with E-state index in [-0.39, 0.29) is 4.90 Å². The fourth-order valence-corrected chi connectivity index (χ4v) is 2.85. The minimum Gasteiger partial charge on any atom is -0.480 e. The van der Waals surface area contributed by atoms with Crippen LogP contribution in [0.2, 0.25) is 0 Å². The molecule has 0 saturated carbocycles. The van der Waals surface area contributed by atoms with Crippen LogP contribution in [0.15, 0.2) is 33.6 Å². The summed E-state index contributed by atoms with van der Waals surface area (Å²) in [5.41, 5.74) is -0.802. The Hall–Kier alpha value is -1.65. The molecule has 1 aromatic rings. The lowest BCUT2D eigenvalue weighted by atomic mass is 10.2. The summed E-state index contributed by atoms with van der Waals surface area (Å²) in [6.45, 7) is 4.35. The van der Waals surface area contributed by atoms with E-state index in [1.807, 2.05) is 0 Å². The van der Waals surface area contributed by atoms with Crippen LogP contribution in [0.5, 0.6) is 0 Å². The van der Waals surface area contributed by atoms with Crippen LogP contribution < -0.4 is 10.0 Å². The molecule has 8 nitrogen and oxygen atoms in total. The van der Waals surface area contributed by atoms with Crippen molar-refractivity contribution in [2.75, 3.05) is 6.54 Å². The van der Waals surface area contributed by atoms with Crippen LogP contribution in [0, 0.1) is 0 Å². The highest BCUT2D eigenvalue weighted by Crippen LogP contribution is 2.14. The summed E-state index contributed by atoms with van der Waals surface area (Å²) in [6.07, 6.45) is -0.947. The van der Waals surface area contributed by atoms with Gasteiger partial charge in [-0.25, -0.2) is 22.7 Å². The molecule has 0 fully saturated rings. The largest absolute Gasteiger partial charge is 0.480 e. The van der Waals surface area contributed by atoms with Gasteiger partial charge in [0, 0.05) is 11.0 Å². The topological polar surface area (TPSA) is 122 Å².